The Hall–Kier alpha value is -0.780. The molecule has 1 aromatic rings. The van der Waals surface area contributed by atoms with Gasteiger partial charge in [0.2, 0.25) is 6.79 Å². The first-order chi connectivity index (χ1) is 9.70. The third-order valence-electron chi connectivity index (χ3n) is 4.31. The fourth-order valence-corrected chi connectivity index (χ4v) is 3.80. The lowest BCUT2D eigenvalue weighted by atomic mass is 9.97. The third-order valence-corrected chi connectivity index (χ3v) is 4.90. The molecular formula is C15H21BrN2O2. The number of rotatable bonds is 3. The SMILES string of the molecule is CC1CCCCN1C(CN)c1cc(Br)c2c(c1)OCO2. The summed E-state index contributed by atoms with van der Waals surface area (Å²) in [6.45, 7) is 4.33. The smallest absolute Gasteiger partial charge is 0.231 e. The fraction of sp³-hybridized carbons (Fsp3) is 0.600. The summed E-state index contributed by atoms with van der Waals surface area (Å²) >= 11 is 3.57. The Morgan fingerprint density at radius 1 is 1.40 bits per heavy atom. The predicted octanol–water partition coefficient (Wildman–Crippen LogP) is 3.05. The molecule has 2 unspecified atom stereocenters. The molecule has 2 atom stereocenters. The van der Waals surface area contributed by atoms with Crippen molar-refractivity contribution < 1.29 is 9.47 Å². The minimum atomic E-state index is 0.246. The van der Waals surface area contributed by atoms with Crippen molar-refractivity contribution >= 4 is 15.9 Å². The van der Waals surface area contributed by atoms with Crippen molar-refractivity contribution in [3.63, 3.8) is 0 Å². The summed E-state index contributed by atoms with van der Waals surface area (Å²) in [5.74, 6) is 1.62. The van der Waals surface area contributed by atoms with Crippen molar-refractivity contribution in [1.82, 2.24) is 4.90 Å². The number of hydrogen-bond donors (Lipinski definition) is 1. The topological polar surface area (TPSA) is 47.7 Å². The average Bonchev–Trinajstić information content (AvgIpc) is 2.91. The molecular weight excluding hydrogens is 320 g/mol. The number of benzene rings is 1. The molecule has 0 saturated carbocycles. The van der Waals surface area contributed by atoms with Crippen molar-refractivity contribution in [2.75, 3.05) is 19.9 Å². The van der Waals surface area contributed by atoms with E-state index in [-0.39, 0.29) is 6.04 Å². The van der Waals surface area contributed by atoms with E-state index in [2.05, 4.69) is 39.9 Å². The first kappa shape index (κ1) is 14.2. The molecule has 0 amide bonds. The molecule has 0 aliphatic carbocycles. The second-order valence-corrected chi connectivity index (χ2v) is 6.42. The molecule has 2 N–H and O–H groups in total. The molecule has 0 aromatic heterocycles. The van der Waals surface area contributed by atoms with Crippen LogP contribution in [0.5, 0.6) is 11.5 Å². The molecule has 3 rings (SSSR count). The monoisotopic (exact) mass is 340 g/mol. The van der Waals surface area contributed by atoms with E-state index in [1.54, 1.807) is 0 Å². The van der Waals surface area contributed by atoms with Gasteiger partial charge in [-0.1, -0.05) is 6.42 Å². The number of likely N-dealkylation sites (tertiary alicyclic amines) is 1. The molecule has 2 aliphatic heterocycles. The maximum atomic E-state index is 6.06. The molecule has 0 radical (unpaired) electrons. The van der Waals surface area contributed by atoms with Crippen molar-refractivity contribution in [3.05, 3.63) is 22.2 Å². The van der Waals surface area contributed by atoms with Gasteiger partial charge >= 0.3 is 0 Å². The Balaban J connectivity index is 1.91. The van der Waals surface area contributed by atoms with Crippen LogP contribution in [0.25, 0.3) is 0 Å². The van der Waals surface area contributed by atoms with E-state index in [0.717, 1.165) is 22.5 Å². The van der Waals surface area contributed by atoms with E-state index < -0.39 is 0 Å². The molecule has 0 spiro atoms. The highest BCUT2D eigenvalue weighted by atomic mass is 79.9. The zero-order valence-electron chi connectivity index (χ0n) is 11.8. The van der Waals surface area contributed by atoms with Crippen molar-refractivity contribution in [2.45, 2.75) is 38.3 Å². The lowest BCUT2D eigenvalue weighted by molar-refractivity contribution is 0.108. The third kappa shape index (κ3) is 2.54. The van der Waals surface area contributed by atoms with Gasteiger partial charge in [-0.25, -0.2) is 0 Å². The number of ether oxygens (including phenoxy) is 2. The van der Waals surface area contributed by atoms with E-state index in [1.165, 1.54) is 24.8 Å². The van der Waals surface area contributed by atoms with Gasteiger partial charge in [-0.05, 0) is 59.9 Å². The van der Waals surface area contributed by atoms with Crippen LogP contribution >= 0.6 is 15.9 Å². The largest absolute Gasteiger partial charge is 0.454 e. The lowest BCUT2D eigenvalue weighted by Crippen LogP contribution is -2.43. The minimum Gasteiger partial charge on any atom is -0.454 e. The van der Waals surface area contributed by atoms with Crippen molar-refractivity contribution in [1.29, 1.82) is 0 Å². The Bertz CT molecular complexity index is 495. The predicted molar refractivity (Wildman–Crippen MR) is 82.1 cm³/mol. The molecule has 110 valence electrons. The zero-order chi connectivity index (χ0) is 14.1. The number of nitrogens with two attached hydrogens (primary N) is 1. The molecule has 1 fully saturated rings. The van der Waals surface area contributed by atoms with Gasteiger partial charge in [0.25, 0.3) is 0 Å². The number of fused-ring (bicyclic) bond motifs is 1. The molecule has 20 heavy (non-hydrogen) atoms. The standard InChI is InChI=1S/C15H21BrN2O2/c1-10-4-2-3-5-18(10)13(8-17)11-6-12(16)15-14(7-11)19-9-20-15/h6-7,10,13H,2-5,8-9,17H2,1H3. The van der Waals surface area contributed by atoms with Gasteiger partial charge < -0.3 is 15.2 Å². The summed E-state index contributed by atoms with van der Waals surface area (Å²) in [4.78, 5) is 2.52. The fourth-order valence-electron chi connectivity index (χ4n) is 3.23. The summed E-state index contributed by atoms with van der Waals surface area (Å²) in [5, 5.41) is 0. The van der Waals surface area contributed by atoms with Gasteiger partial charge in [-0.2, -0.15) is 0 Å². The molecule has 5 heteroatoms. The number of halogens is 1. The molecule has 1 aromatic carbocycles. The summed E-state index contributed by atoms with van der Waals surface area (Å²) in [5.41, 5.74) is 7.27. The van der Waals surface area contributed by atoms with Gasteiger partial charge in [-0.15, -0.1) is 0 Å². The lowest BCUT2D eigenvalue weighted by Gasteiger charge is -2.39. The van der Waals surface area contributed by atoms with Gasteiger partial charge in [0, 0.05) is 18.6 Å². The van der Waals surface area contributed by atoms with Gasteiger partial charge in [0.1, 0.15) is 0 Å². The summed E-state index contributed by atoms with van der Waals surface area (Å²) < 4.78 is 11.9. The van der Waals surface area contributed by atoms with Crippen LogP contribution in [0.4, 0.5) is 0 Å². The second kappa shape index (κ2) is 5.92. The average molecular weight is 341 g/mol. The highest BCUT2D eigenvalue weighted by Crippen LogP contribution is 2.42. The van der Waals surface area contributed by atoms with Crippen LogP contribution in [0.2, 0.25) is 0 Å². The molecule has 2 heterocycles. The van der Waals surface area contributed by atoms with E-state index in [1.807, 2.05) is 0 Å². The molecule has 4 nitrogen and oxygen atoms in total. The normalized spacial score (nSPS) is 23.9. The summed E-state index contributed by atoms with van der Waals surface area (Å²) in [6, 6.07) is 5.02. The van der Waals surface area contributed by atoms with E-state index in [4.69, 9.17) is 15.2 Å². The molecule has 1 saturated heterocycles. The van der Waals surface area contributed by atoms with Crippen LogP contribution in [0.15, 0.2) is 16.6 Å². The molecule has 0 bridgehead atoms. The van der Waals surface area contributed by atoms with Crippen LogP contribution in [-0.2, 0) is 0 Å². The summed E-state index contributed by atoms with van der Waals surface area (Å²) in [7, 11) is 0. The van der Waals surface area contributed by atoms with Crippen molar-refractivity contribution in [2.24, 2.45) is 5.73 Å². The Labute approximate surface area is 128 Å². The number of hydrogen-bond acceptors (Lipinski definition) is 4. The van der Waals surface area contributed by atoms with Gasteiger partial charge in [0.05, 0.1) is 4.47 Å². The van der Waals surface area contributed by atoms with Crippen LogP contribution in [0.3, 0.4) is 0 Å². The van der Waals surface area contributed by atoms with E-state index in [9.17, 15) is 0 Å². The number of piperidine rings is 1. The quantitative estimate of drug-likeness (QED) is 0.918. The first-order valence-electron chi connectivity index (χ1n) is 7.25. The minimum absolute atomic E-state index is 0.246. The van der Waals surface area contributed by atoms with Crippen LogP contribution < -0.4 is 15.2 Å². The first-order valence-corrected chi connectivity index (χ1v) is 8.05. The molecule has 2 aliphatic rings. The van der Waals surface area contributed by atoms with Crippen LogP contribution in [-0.4, -0.2) is 30.8 Å². The number of nitrogens with zero attached hydrogens (tertiary/aromatic N) is 1. The van der Waals surface area contributed by atoms with Crippen molar-refractivity contribution in [3.8, 4) is 11.5 Å². The van der Waals surface area contributed by atoms with Crippen LogP contribution in [0.1, 0.15) is 37.8 Å². The highest BCUT2D eigenvalue weighted by Gasteiger charge is 2.28. The maximum Gasteiger partial charge on any atom is 0.231 e. The van der Waals surface area contributed by atoms with Crippen LogP contribution in [0, 0.1) is 0 Å². The Kier molecular flexibility index (Phi) is 4.19. The van der Waals surface area contributed by atoms with Gasteiger partial charge in [-0.3, -0.25) is 4.90 Å². The Morgan fingerprint density at radius 2 is 2.25 bits per heavy atom. The van der Waals surface area contributed by atoms with E-state index >= 15 is 0 Å². The van der Waals surface area contributed by atoms with E-state index in [0.29, 0.717) is 19.4 Å². The highest BCUT2D eigenvalue weighted by molar-refractivity contribution is 9.10. The Morgan fingerprint density at radius 3 is 3.00 bits per heavy atom. The summed E-state index contributed by atoms with van der Waals surface area (Å²) in [6.07, 6.45) is 3.83. The zero-order valence-corrected chi connectivity index (χ0v) is 13.4. The second-order valence-electron chi connectivity index (χ2n) is 5.57. The maximum absolute atomic E-state index is 6.06. The van der Waals surface area contributed by atoms with Gasteiger partial charge in [0.15, 0.2) is 11.5 Å².